The summed E-state index contributed by atoms with van der Waals surface area (Å²) in [6.07, 6.45) is 3.95. The van der Waals surface area contributed by atoms with Crippen molar-refractivity contribution in [1.82, 2.24) is 24.6 Å². The number of aromatic hydroxyl groups is 1. The molecule has 8 nitrogen and oxygen atoms in total. The highest BCUT2D eigenvalue weighted by molar-refractivity contribution is 5.90. The number of hydrogen-bond donors (Lipinski definition) is 4. The maximum atomic E-state index is 11.5. The molecule has 4 N–H and O–H groups in total. The lowest BCUT2D eigenvalue weighted by Crippen LogP contribution is -2.06. The summed E-state index contributed by atoms with van der Waals surface area (Å²) in [5.41, 5.74) is 3.23. The van der Waals surface area contributed by atoms with Crippen molar-refractivity contribution in [3.8, 4) is 5.88 Å². The molecule has 138 valence electrons. The first-order valence-electron chi connectivity index (χ1n) is 8.75. The Hall–Kier alpha value is -4.07. The normalized spacial score (nSPS) is 11.3. The molecular weight excluding hydrogens is 356 g/mol. The van der Waals surface area contributed by atoms with E-state index in [1.54, 1.807) is 23.0 Å². The van der Waals surface area contributed by atoms with Crippen LogP contribution in [0.2, 0.25) is 0 Å². The minimum Gasteiger partial charge on any atom is -0.494 e. The van der Waals surface area contributed by atoms with Gasteiger partial charge in [-0.05, 0) is 42.0 Å². The SMILES string of the molecule is O=c1cc(Cc2cccc3nc(Nc4ccc5c(O)[nH]cc5c4)nn23)cc[nH]1. The van der Waals surface area contributed by atoms with E-state index < -0.39 is 0 Å². The number of anilines is 2. The zero-order valence-corrected chi connectivity index (χ0v) is 14.7. The number of benzene rings is 1. The van der Waals surface area contributed by atoms with Crippen LogP contribution in [0.5, 0.6) is 5.88 Å². The van der Waals surface area contributed by atoms with Crippen LogP contribution in [0.3, 0.4) is 0 Å². The molecular formula is C20H16N6O2. The molecule has 5 rings (SSSR count). The molecule has 0 saturated heterocycles. The van der Waals surface area contributed by atoms with Gasteiger partial charge in [0.25, 0.3) is 0 Å². The first kappa shape index (κ1) is 16.1. The van der Waals surface area contributed by atoms with E-state index in [1.807, 2.05) is 42.5 Å². The van der Waals surface area contributed by atoms with Crippen LogP contribution in [-0.2, 0) is 6.42 Å². The number of rotatable bonds is 4. The van der Waals surface area contributed by atoms with Crippen molar-refractivity contribution in [2.24, 2.45) is 0 Å². The summed E-state index contributed by atoms with van der Waals surface area (Å²) in [6.45, 7) is 0. The Kier molecular flexibility index (Phi) is 3.61. The van der Waals surface area contributed by atoms with E-state index in [0.29, 0.717) is 18.0 Å². The van der Waals surface area contributed by atoms with Gasteiger partial charge in [0.15, 0.2) is 11.5 Å². The maximum absolute atomic E-state index is 11.5. The molecule has 0 radical (unpaired) electrons. The largest absolute Gasteiger partial charge is 0.494 e. The van der Waals surface area contributed by atoms with E-state index in [0.717, 1.165) is 27.7 Å². The van der Waals surface area contributed by atoms with E-state index in [9.17, 15) is 9.90 Å². The van der Waals surface area contributed by atoms with Crippen molar-refractivity contribution in [2.45, 2.75) is 6.42 Å². The summed E-state index contributed by atoms with van der Waals surface area (Å²) in [4.78, 5) is 21.5. The van der Waals surface area contributed by atoms with E-state index >= 15 is 0 Å². The van der Waals surface area contributed by atoms with Gasteiger partial charge in [-0.2, -0.15) is 4.98 Å². The minimum absolute atomic E-state index is 0.128. The van der Waals surface area contributed by atoms with Crippen LogP contribution in [0.15, 0.2) is 65.7 Å². The minimum atomic E-state index is -0.128. The molecule has 0 spiro atoms. The first-order chi connectivity index (χ1) is 13.7. The molecule has 5 aromatic rings. The van der Waals surface area contributed by atoms with Gasteiger partial charge >= 0.3 is 0 Å². The molecule has 4 heterocycles. The highest BCUT2D eigenvalue weighted by atomic mass is 16.3. The van der Waals surface area contributed by atoms with Crippen molar-refractivity contribution in [1.29, 1.82) is 0 Å². The number of nitrogens with one attached hydrogen (secondary N) is 3. The number of nitrogens with zero attached hydrogens (tertiary/aromatic N) is 3. The van der Waals surface area contributed by atoms with Gasteiger partial charge in [0, 0.05) is 47.0 Å². The molecule has 1 aromatic carbocycles. The van der Waals surface area contributed by atoms with Crippen molar-refractivity contribution in [3.63, 3.8) is 0 Å². The van der Waals surface area contributed by atoms with Gasteiger partial charge in [-0.15, -0.1) is 5.10 Å². The number of H-pyrrole nitrogens is 2. The van der Waals surface area contributed by atoms with Gasteiger partial charge in [0.1, 0.15) is 0 Å². The molecule has 28 heavy (non-hydrogen) atoms. The summed E-state index contributed by atoms with van der Waals surface area (Å²) in [6, 6.07) is 14.8. The van der Waals surface area contributed by atoms with E-state index in [1.165, 1.54) is 0 Å². The Morgan fingerprint density at radius 1 is 1.11 bits per heavy atom. The van der Waals surface area contributed by atoms with Crippen LogP contribution < -0.4 is 10.9 Å². The lowest BCUT2D eigenvalue weighted by atomic mass is 10.1. The second kappa shape index (κ2) is 6.27. The lowest BCUT2D eigenvalue weighted by Gasteiger charge is -2.04. The average Bonchev–Trinajstić information content (AvgIpc) is 3.26. The van der Waals surface area contributed by atoms with Gasteiger partial charge in [0.05, 0.1) is 0 Å². The van der Waals surface area contributed by atoms with Gasteiger partial charge in [0.2, 0.25) is 11.5 Å². The number of pyridine rings is 2. The molecule has 0 saturated carbocycles. The van der Waals surface area contributed by atoms with Crippen molar-refractivity contribution < 1.29 is 5.11 Å². The van der Waals surface area contributed by atoms with E-state index in [-0.39, 0.29) is 11.4 Å². The molecule has 4 aromatic heterocycles. The van der Waals surface area contributed by atoms with Gasteiger partial charge in [-0.3, -0.25) is 4.79 Å². The van der Waals surface area contributed by atoms with Gasteiger partial charge in [-0.1, -0.05) is 6.07 Å². The van der Waals surface area contributed by atoms with Gasteiger partial charge in [-0.25, -0.2) is 4.52 Å². The van der Waals surface area contributed by atoms with Crippen LogP contribution in [0.4, 0.5) is 11.6 Å². The molecule has 8 heteroatoms. The molecule has 0 bridgehead atoms. The first-order valence-corrected chi connectivity index (χ1v) is 8.75. The van der Waals surface area contributed by atoms with Crippen molar-refractivity contribution in [2.75, 3.05) is 5.32 Å². The van der Waals surface area contributed by atoms with Crippen molar-refractivity contribution >= 4 is 28.1 Å². The van der Waals surface area contributed by atoms with E-state index in [2.05, 4.69) is 25.4 Å². The smallest absolute Gasteiger partial charge is 0.248 e. The van der Waals surface area contributed by atoms with Crippen molar-refractivity contribution in [3.05, 3.63) is 82.5 Å². The fraction of sp³-hybridized carbons (Fsp3) is 0.0500. The molecule has 0 fully saturated rings. The molecule has 0 amide bonds. The number of aromatic nitrogens is 5. The monoisotopic (exact) mass is 372 g/mol. The third-order valence-corrected chi connectivity index (χ3v) is 4.59. The number of hydrogen-bond acceptors (Lipinski definition) is 5. The quantitative estimate of drug-likeness (QED) is 0.388. The molecule has 0 aliphatic rings. The third-order valence-electron chi connectivity index (χ3n) is 4.59. The predicted octanol–water partition coefficient (Wildman–Crippen LogP) is 2.94. The molecule has 0 aliphatic carbocycles. The van der Waals surface area contributed by atoms with Crippen LogP contribution >= 0.6 is 0 Å². The summed E-state index contributed by atoms with van der Waals surface area (Å²) in [5.74, 6) is 0.620. The predicted molar refractivity (Wildman–Crippen MR) is 106 cm³/mol. The summed E-state index contributed by atoms with van der Waals surface area (Å²) in [5, 5.41) is 19.1. The standard InChI is InChI=1S/C20H16N6O2/c27-18-9-12(6-7-21-18)8-15-2-1-3-17-24-20(25-26(15)17)23-14-4-5-16-13(10-14)11-22-19(16)28/h1-7,9-11,22,28H,8H2,(H,21,27)(H,23,25). The topological polar surface area (TPSA) is 111 Å². The number of aromatic amines is 2. The fourth-order valence-corrected chi connectivity index (χ4v) is 3.28. The van der Waals surface area contributed by atoms with Crippen LogP contribution in [0.25, 0.3) is 16.4 Å². The van der Waals surface area contributed by atoms with Gasteiger partial charge < -0.3 is 20.4 Å². The van der Waals surface area contributed by atoms with Crippen LogP contribution in [0, 0.1) is 0 Å². The summed E-state index contributed by atoms with van der Waals surface area (Å²) in [7, 11) is 0. The van der Waals surface area contributed by atoms with Crippen LogP contribution in [-0.4, -0.2) is 29.7 Å². The zero-order valence-electron chi connectivity index (χ0n) is 14.7. The second-order valence-corrected chi connectivity index (χ2v) is 6.52. The highest BCUT2D eigenvalue weighted by Crippen LogP contribution is 2.27. The average molecular weight is 372 g/mol. The maximum Gasteiger partial charge on any atom is 0.248 e. The highest BCUT2D eigenvalue weighted by Gasteiger charge is 2.09. The summed E-state index contributed by atoms with van der Waals surface area (Å²) >= 11 is 0. The Balaban J connectivity index is 1.48. The molecule has 0 aliphatic heterocycles. The Morgan fingerprint density at radius 3 is 2.93 bits per heavy atom. The van der Waals surface area contributed by atoms with E-state index in [4.69, 9.17) is 0 Å². The Labute approximate surface area is 158 Å². The zero-order chi connectivity index (χ0) is 19.1. The second-order valence-electron chi connectivity index (χ2n) is 6.52. The Bertz CT molecular complexity index is 1360. The Morgan fingerprint density at radius 2 is 2.04 bits per heavy atom. The number of fused-ring (bicyclic) bond motifs is 2. The molecule has 0 unspecified atom stereocenters. The fourth-order valence-electron chi connectivity index (χ4n) is 3.28. The third kappa shape index (κ3) is 2.86. The summed E-state index contributed by atoms with van der Waals surface area (Å²) < 4.78 is 1.77. The van der Waals surface area contributed by atoms with Crippen LogP contribution in [0.1, 0.15) is 11.3 Å². The molecule has 0 atom stereocenters. The lowest BCUT2D eigenvalue weighted by molar-refractivity contribution is 0.462.